The van der Waals surface area contributed by atoms with Crippen LogP contribution in [-0.2, 0) is 0 Å². The van der Waals surface area contributed by atoms with Crippen LogP contribution in [0, 0.1) is 5.82 Å². The van der Waals surface area contributed by atoms with E-state index in [-0.39, 0.29) is 34.4 Å². The molecule has 1 amide bonds. The number of methoxy groups -OCH3 is 2. The van der Waals surface area contributed by atoms with Crippen molar-refractivity contribution < 1.29 is 23.5 Å². The van der Waals surface area contributed by atoms with Gasteiger partial charge in [-0.2, -0.15) is 0 Å². The van der Waals surface area contributed by atoms with E-state index in [2.05, 4.69) is 0 Å². The van der Waals surface area contributed by atoms with Gasteiger partial charge in [-0.25, -0.2) is 4.39 Å². The average molecular weight is 404 g/mol. The Morgan fingerprint density at radius 2 is 1.50 bits per heavy atom. The van der Waals surface area contributed by atoms with Crippen molar-refractivity contribution in [3.05, 3.63) is 77.6 Å². The molecule has 2 heterocycles. The van der Waals surface area contributed by atoms with E-state index in [4.69, 9.17) is 9.47 Å². The molecule has 0 spiro atoms. The summed E-state index contributed by atoms with van der Waals surface area (Å²) in [7, 11) is 2.91. The highest BCUT2D eigenvalue weighted by Gasteiger charge is 2.50. The number of fused-ring (bicyclic) bond motifs is 4. The van der Waals surface area contributed by atoms with E-state index in [9.17, 15) is 14.0 Å². The number of ether oxygens (including phenoxy) is 2. The molecule has 3 aromatic rings. The summed E-state index contributed by atoms with van der Waals surface area (Å²) in [5.41, 5.74) is 2.34. The summed E-state index contributed by atoms with van der Waals surface area (Å²) in [6.07, 6.45) is -0.911. The van der Waals surface area contributed by atoms with Gasteiger partial charge in [-0.3, -0.25) is 14.5 Å². The number of para-hydroxylation sites is 2. The van der Waals surface area contributed by atoms with Gasteiger partial charge in [0, 0.05) is 11.3 Å². The Labute approximate surface area is 172 Å². The number of carbonyl (C=O) groups is 2. The normalized spacial score (nSPS) is 16.8. The molecule has 0 bridgehead atoms. The average Bonchev–Trinajstić information content (AvgIpc) is 3.12. The number of benzene rings is 3. The highest BCUT2D eigenvalue weighted by atomic mass is 19.1. The maximum absolute atomic E-state index is 13.6. The van der Waals surface area contributed by atoms with Crippen molar-refractivity contribution in [2.24, 2.45) is 0 Å². The number of rotatable bonds is 3. The SMILES string of the molecule is COc1ccc2c(c1OC)C(=O)N1c3ccccc3N(c3ccc(F)cc3)C1C2=O. The maximum atomic E-state index is 13.6. The minimum Gasteiger partial charge on any atom is -0.493 e. The molecule has 6 nitrogen and oxygen atoms in total. The Morgan fingerprint density at radius 1 is 0.833 bits per heavy atom. The molecule has 0 saturated heterocycles. The second kappa shape index (κ2) is 6.59. The van der Waals surface area contributed by atoms with Crippen LogP contribution in [0.5, 0.6) is 11.5 Å². The van der Waals surface area contributed by atoms with Crippen LogP contribution < -0.4 is 19.3 Å². The summed E-state index contributed by atoms with van der Waals surface area (Å²) >= 11 is 0. The molecule has 3 aromatic carbocycles. The summed E-state index contributed by atoms with van der Waals surface area (Å²) in [6, 6.07) is 16.3. The van der Waals surface area contributed by atoms with Gasteiger partial charge in [0.05, 0.1) is 31.2 Å². The van der Waals surface area contributed by atoms with Crippen molar-refractivity contribution in [1.82, 2.24) is 0 Å². The number of hydrogen-bond donors (Lipinski definition) is 0. The van der Waals surface area contributed by atoms with Crippen molar-refractivity contribution in [2.45, 2.75) is 6.17 Å². The van der Waals surface area contributed by atoms with Gasteiger partial charge >= 0.3 is 0 Å². The van der Waals surface area contributed by atoms with Gasteiger partial charge < -0.3 is 14.4 Å². The maximum Gasteiger partial charge on any atom is 0.265 e. The third kappa shape index (κ3) is 2.35. The number of hydrogen-bond acceptors (Lipinski definition) is 5. The van der Waals surface area contributed by atoms with Gasteiger partial charge in [0.2, 0.25) is 5.78 Å². The minimum atomic E-state index is -0.911. The molecule has 1 atom stereocenters. The number of halogens is 1. The molecule has 2 aliphatic heterocycles. The molecular weight excluding hydrogens is 387 g/mol. The summed E-state index contributed by atoms with van der Waals surface area (Å²) in [5, 5.41) is 0. The molecule has 7 heteroatoms. The van der Waals surface area contributed by atoms with Gasteiger partial charge in [-0.15, -0.1) is 0 Å². The molecular formula is C23H17FN2O4. The predicted octanol–water partition coefficient (Wildman–Crippen LogP) is 4.16. The minimum absolute atomic E-state index is 0.175. The molecule has 0 fully saturated rings. The van der Waals surface area contributed by atoms with Crippen LogP contribution in [0.3, 0.4) is 0 Å². The van der Waals surface area contributed by atoms with Crippen LogP contribution in [0.25, 0.3) is 0 Å². The van der Waals surface area contributed by atoms with Crippen molar-refractivity contribution in [3.63, 3.8) is 0 Å². The Kier molecular flexibility index (Phi) is 3.99. The Balaban J connectivity index is 1.76. The molecule has 2 aliphatic rings. The molecule has 1 unspecified atom stereocenters. The summed E-state index contributed by atoms with van der Waals surface area (Å²) in [5.74, 6) is -0.395. The second-order valence-corrected chi connectivity index (χ2v) is 6.97. The lowest BCUT2D eigenvalue weighted by Crippen LogP contribution is -2.53. The topological polar surface area (TPSA) is 59.1 Å². The number of nitrogens with zero attached hydrogens (tertiary/aromatic N) is 2. The van der Waals surface area contributed by atoms with E-state index in [1.165, 1.54) is 31.3 Å². The Bertz CT molecular complexity index is 1190. The quantitative estimate of drug-likeness (QED) is 0.656. The number of amides is 1. The first kappa shape index (κ1) is 18.2. The first-order chi connectivity index (χ1) is 14.6. The van der Waals surface area contributed by atoms with E-state index in [1.807, 2.05) is 12.1 Å². The van der Waals surface area contributed by atoms with Crippen molar-refractivity contribution in [1.29, 1.82) is 0 Å². The summed E-state index contributed by atoms with van der Waals surface area (Å²) in [4.78, 5) is 30.5. The molecule has 150 valence electrons. The third-order valence-electron chi connectivity index (χ3n) is 5.47. The van der Waals surface area contributed by atoms with Crippen LogP contribution in [-0.4, -0.2) is 32.1 Å². The van der Waals surface area contributed by atoms with Gasteiger partial charge in [-0.05, 0) is 48.5 Å². The van der Waals surface area contributed by atoms with E-state index in [0.29, 0.717) is 22.8 Å². The monoisotopic (exact) mass is 404 g/mol. The van der Waals surface area contributed by atoms with Crippen molar-refractivity contribution in [3.8, 4) is 11.5 Å². The lowest BCUT2D eigenvalue weighted by Gasteiger charge is -2.35. The molecule has 0 aromatic heterocycles. The van der Waals surface area contributed by atoms with Gasteiger partial charge in [-0.1, -0.05) is 12.1 Å². The molecule has 0 N–H and O–H groups in total. The predicted molar refractivity (Wildman–Crippen MR) is 109 cm³/mol. The first-order valence-corrected chi connectivity index (χ1v) is 9.33. The van der Waals surface area contributed by atoms with Gasteiger partial charge in [0.15, 0.2) is 17.7 Å². The Hall–Kier alpha value is -3.87. The second-order valence-electron chi connectivity index (χ2n) is 6.97. The summed E-state index contributed by atoms with van der Waals surface area (Å²) in [6.45, 7) is 0. The van der Waals surface area contributed by atoms with Gasteiger partial charge in [0.25, 0.3) is 5.91 Å². The lowest BCUT2D eigenvalue weighted by atomic mass is 9.94. The van der Waals surface area contributed by atoms with E-state index < -0.39 is 6.17 Å². The zero-order valence-electron chi connectivity index (χ0n) is 16.3. The fourth-order valence-corrected chi connectivity index (χ4v) is 4.19. The number of anilines is 3. The fraction of sp³-hybridized carbons (Fsp3) is 0.130. The molecule has 0 radical (unpaired) electrons. The highest BCUT2D eigenvalue weighted by Crippen LogP contribution is 2.49. The number of Topliss-reactive ketones (excluding diaryl/α,β-unsaturated/α-hetero) is 1. The van der Waals surface area contributed by atoms with E-state index in [0.717, 1.165) is 0 Å². The standard InChI is InChI=1S/C23H17FN2O4/c1-29-18-12-11-15-19(21(18)30-2)23(28)26-17-6-4-3-5-16(17)25(22(26)20(15)27)14-9-7-13(24)8-10-14/h3-12,22H,1-2H3. The highest BCUT2D eigenvalue weighted by molar-refractivity contribution is 6.27. The van der Waals surface area contributed by atoms with Crippen LogP contribution >= 0.6 is 0 Å². The van der Waals surface area contributed by atoms with Crippen LogP contribution in [0.4, 0.5) is 21.5 Å². The van der Waals surface area contributed by atoms with E-state index in [1.54, 1.807) is 41.3 Å². The van der Waals surface area contributed by atoms with Crippen LogP contribution in [0.1, 0.15) is 20.7 Å². The first-order valence-electron chi connectivity index (χ1n) is 9.33. The lowest BCUT2D eigenvalue weighted by molar-refractivity contribution is 0.0873. The molecule has 30 heavy (non-hydrogen) atoms. The summed E-state index contributed by atoms with van der Waals surface area (Å²) < 4.78 is 24.3. The van der Waals surface area contributed by atoms with Crippen LogP contribution in [0.15, 0.2) is 60.7 Å². The molecule has 0 aliphatic carbocycles. The van der Waals surface area contributed by atoms with Crippen LogP contribution in [0.2, 0.25) is 0 Å². The smallest absolute Gasteiger partial charge is 0.265 e. The number of carbonyl (C=O) groups excluding carboxylic acids is 2. The van der Waals surface area contributed by atoms with E-state index >= 15 is 0 Å². The van der Waals surface area contributed by atoms with Gasteiger partial charge in [0.1, 0.15) is 5.82 Å². The zero-order valence-corrected chi connectivity index (χ0v) is 16.3. The third-order valence-corrected chi connectivity index (χ3v) is 5.47. The zero-order chi connectivity index (χ0) is 21.0. The largest absolute Gasteiger partial charge is 0.493 e. The van der Waals surface area contributed by atoms with Crippen molar-refractivity contribution in [2.75, 3.05) is 24.0 Å². The molecule has 5 rings (SSSR count). The fourth-order valence-electron chi connectivity index (χ4n) is 4.19. The molecule has 0 saturated carbocycles. The Morgan fingerprint density at radius 3 is 2.13 bits per heavy atom. The van der Waals surface area contributed by atoms with Crippen molar-refractivity contribution >= 4 is 28.8 Å². The number of ketones is 1.